The predicted octanol–water partition coefficient (Wildman–Crippen LogP) is 2.73. The second-order valence-electron chi connectivity index (χ2n) is 8.07. The molecule has 156 valence electrons. The molecule has 2 atom stereocenters. The minimum Gasteiger partial charge on any atom is -0.384 e. The van der Waals surface area contributed by atoms with Gasteiger partial charge in [-0.1, -0.05) is 109 Å². The highest BCUT2D eigenvalue weighted by Gasteiger charge is 2.14. The molecule has 0 fully saturated rings. The third-order valence-electron chi connectivity index (χ3n) is 5.95. The highest BCUT2D eigenvalue weighted by atomic mass is 16.3. The summed E-state index contributed by atoms with van der Waals surface area (Å²) in [5, 5.41) is 26.3. The summed E-state index contributed by atoms with van der Waals surface area (Å²) in [7, 11) is 0. The van der Waals surface area contributed by atoms with Crippen LogP contribution in [-0.2, 0) is 0 Å². The highest BCUT2D eigenvalue weighted by Crippen LogP contribution is 2.24. The van der Waals surface area contributed by atoms with Crippen LogP contribution in [0.3, 0.4) is 0 Å². The van der Waals surface area contributed by atoms with Crippen molar-refractivity contribution in [2.75, 3.05) is 0 Å². The lowest BCUT2D eigenvalue weighted by atomic mass is 9.95. The molecule has 0 radical (unpaired) electrons. The summed E-state index contributed by atoms with van der Waals surface area (Å²) < 4.78 is 0. The molecule has 4 aliphatic rings. The zero-order valence-electron chi connectivity index (χ0n) is 17.6. The largest absolute Gasteiger partial charge is 0.384 e. The van der Waals surface area contributed by atoms with E-state index in [9.17, 15) is 10.2 Å². The van der Waals surface area contributed by atoms with Crippen LogP contribution in [0.5, 0.6) is 0 Å². The number of rotatable bonds is 4. The Morgan fingerprint density at radius 1 is 0.406 bits per heavy atom. The smallest absolute Gasteiger partial charge is 0.105 e. The number of hydrogen-bond acceptors (Lipinski definition) is 2. The maximum absolute atomic E-state index is 11.2. The Hall–Kier alpha value is -3.72. The van der Waals surface area contributed by atoms with Crippen LogP contribution in [0, 0.1) is 0 Å². The van der Waals surface area contributed by atoms with Crippen molar-refractivity contribution >= 4 is 23.3 Å². The predicted molar refractivity (Wildman–Crippen MR) is 130 cm³/mol. The van der Waals surface area contributed by atoms with Crippen molar-refractivity contribution in [3.8, 4) is 0 Å². The van der Waals surface area contributed by atoms with Crippen LogP contribution in [-0.4, -0.2) is 10.2 Å². The molecule has 2 unspecified atom stereocenters. The number of aliphatic hydroxyl groups is 2. The molecule has 4 aromatic carbocycles. The summed E-state index contributed by atoms with van der Waals surface area (Å²) in [4.78, 5) is 0. The van der Waals surface area contributed by atoms with Crippen molar-refractivity contribution in [2.45, 2.75) is 12.2 Å². The molecule has 0 saturated carbocycles. The second kappa shape index (κ2) is 8.80. The first-order valence-electron chi connectivity index (χ1n) is 10.8. The van der Waals surface area contributed by atoms with E-state index in [1.807, 2.05) is 121 Å². The molecule has 2 nitrogen and oxygen atoms in total. The molecule has 2 heteroatoms. The topological polar surface area (TPSA) is 40.5 Å². The molecule has 0 amide bonds. The Morgan fingerprint density at radius 2 is 0.750 bits per heavy atom. The van der Waals surface area contributed by atoms with Crippen LogP contribution >= 0.6 is 0 Å². The molecular weight excluding hydrogens is 392 g/mol. The Morgan fingerprint density at radius 3 is 1.09 bits per heavy atom. The first-order chi connectivity index (χ1) is 15.7. The van der Waals surface area contributed by atoms with Crippen LogP contribution in [0.1, 0.15) is 23.3 Å². The lowest BCUT2D eigenvalue weighted by molar-refractivity contribution is 0.239. The fourth-order valence-electron chi connectivity index (χ4n) is 4.17. The maximum Gasteiger partial charge on any atom is 0.105 e. The highest BCUT2D eigenvalue weighted by molar-refractivity contribution is 5.82. The van der Waals surface area contributed by atoms with E-state index in [4.69, 9.17) is 0 Å². The average Bonchev–Trinajstić information content (AvgIpc) is 2.86. The molecule has 0 aromatic heterocycles. The van der Waals surface area contributed by atoms with Gasteiger partial charge in [-0.3, -0.25) is 0 Å². The van der Waals surface area contributed by atoms with Crippen LogP contribution in [0.15, 0.2) is 109 Å². The van der Waals surface area contributed by atoms with Gasteiger partial charge < -0.3 is 10.2 Å². The zero-order chi connectivity index (χ0) is 21.9. The van der Waals surface area contributed by atoms with Crippen molar-refractivity contribution in [3.63, 3.8) is 0 Å². The monoisotopic (exact) mass is 416 g/mol. The fraction of sp³-hybridized carbons (Fsp3) is 0.0667. The minimum atomic E-state index is -0.741. The van der Waals surface area contributed by atoms with Gasteiger partial charge in [0.15, 0.2) is 0 Å². The first-order valence-corrected chi connectivity index (χ1v) is 10.8. The van der Waals surface area contributed by atoms with Crippen molar-refractivity contribution in [1.29, 1.82) is 0 Å². The van der Waals surface area contributed by atoms with E-state index in [1.165, 1.54) is 0 Å². The van der Waals surface area contributed by atoms with E-state index in [-0.39, 0.29) is 0 Å². The third-order valence-corrected chi connectivity index (χ3v) is 5.95. The van der Waals surface area contributed by atoms with Gasteiger partial charge in [0.25, 0.3) is 0 Å². The summed E-state index contributed by atoms with van der Waals surface area (Å²) in [5.74, 6) is 0. The van der Waals surface area contributed by atoms with E-state index >= 15 is 0 Å². The van der Waals surface area contributed by atoms with Crippen molar-refractivity contribution < 1.29 is 10.2 Å². The maximum atomic E-state index is 11.2. The Kier molecular flexibility index (Phi) is 5.55. The van der Waals surface area contributed by atoms with Gasteiger partial charge in [-0.25, -0.2) is 0 Å². The number of benzene rings is 4. The van der Waals surface area contributed by atoms with Crippen molar-refractivity contribution in [1.82, 2.24) is 0 Å². The van der Waals surface area contributed by atoms with Gasteiger partial charge in [-0.05, 0) is 55.3 Å². The molecule has 0 spiro atoms. The van der Waals surface area contributed by atoms with E-state index < -0.39 is 12.2 Å². The molecule has 8 rings (SSSR count). The zero-order valence-corrected chi connectivity index (χ0v) is 17.6. The third kappa shape index (κ3) is 4.06. The first kappa shape index (κ1) is 20.2. The molecule has 2 N–H and O–H groups in total. The van der Waals surface area contributed by atoms with Crippen LogP contribution in [0.25, 0.3) is 23.3 Å². The van der Waals surface area contributed by atoms with Gasteiger partial charge in [-0.2, -0.15) is 0 Å². The van der Waals surface area contributed by atoms with Gasteiger partial charge in [-0.15, -0.1) is 0 Å². The standard InChI is InChI=1S/C30H24O2/c31-29(25-7-3-1-4-8-25)27-19-21-11-13-22(14-12-21)20-28(24-17-15-23(27)16-18-24)30(32)26-9-5-2-6-10-26/h1-20,29-32H. The van der Waals surface area contributed by atoms with E-state index in [2.05, 4.69) is 0 Å². The Balaban J connectivity index is 1.77. The molecule has 0 saturated heterocycles. The van der Waals surface area contributed by atoms with Gasteiger partial charge in [0.05, 0.1) is 0 Å². The quantitative estimate of drug-likeness (QED) is 0.537. The van der Waals surface area contributed by atoms with Crippen molar-refractivity contribution in [2.24, 2.45) is 0 Å². The van der Waals surface area contributed by atoms with Gasteiger partial charge in [0.1, 0.15) is 12.2 Å². The summed E-state index contributed by atoms with van der Waals surface area (Å²) in [6.45, 7) is 0. The Bertz CT molecular complexity index is 1320. The normalized spacial score (nSPS) is 14.7. The minimum absolute atomic E-state index is 0.741. The molecule has 0 heterocycles. The molecule has 0 aliphatic heterocycles. The summed E-state index contributed by atoms with van der Waals surface area (Å²) >= 11 is 0. The summed E-state index contributed by atoms with van der Waals surface area (Å²) in [5.41, 5.74) is 3.38. The summed E-state index contributed by atoms with van der Waals surface area (Å²) in [6.07, 6.45) is 2.60. The van der Waals surface area contributed by atoms with E-state index in [1.54, 1.807) is 0 Å². The number of aliphatic hydroxyl groups excluding tert-OH is 2. The molecule has 4 aromatic rings. The van der Waals surface area contributed by atoms with Crippen LogP contribution < -0.4 is 20.9 Å². The van der Waals surface area contributed by atoms with Crippen LogP contribution in [0.2, 0.25) is 0 Å². The van der Waals surface area contributed by atoms with Gasteiger partial charge in [0, 0.05) is 0 Å². The van der Waals surface area contributed by atoms with E-state index in [0.717, 1.165) is 43.1 Å². The lowest BCUT2D eigenvalue weighted by Crippen LogP contribution is -2.20. The molecule has 4 bridgehead atoms. The number of hydrogen-bond donors (Lipinski definition) is 2. The van der Waals surface area contributed by atoms with Gasteiger partial charge in [0.2, 0.25) is 0 Å². The van der Waals surface area contributed by atoms with Crippen LogP contribution in [0.4, 0.5) is 0 Å². The molecule has 4 aliphatic carbocycles. The van der Waals surface area contributed by atoms with Crippen molar-refractivity contribution in [3.05, 3.63) is 141 Å². The second-order valence-corrected chi connectivity index (χ2v) is 8.07. The van der Waals surface area contributed by atoms with E-state index in [0.29, 0.717) is 0 Å². The molecule has 32 heavy (non-hydrogen) atoms. The summed E-state index contributed by atoms with van der Waals surface area (Å²) in [6, 6.07) is 35.7. The van der Waals surface area contributed by atoms with Gasteiger partial charge >= 0.3 is 0 Å². The Labute approximate surface area is 187 Å². The lowest BCUT2D eigenvalue weighted by Gasteiger charge is -2.15. The fourth-order valence-corrected chi connectivity index (χ4v) is 4.17. The SMILES string of the molecule is OC(C1=c2ccc(cc2)=C(C(O)c2ccccc2)C=c2ccc(cc2)=C1)c1ccccc1. The average molecular weight is 417 g/mol. The molecular formula is C30H24O2.